The summed E-state index contributed by atoms with van der Waals surface area (Å²) in [4.78, 5) is 38.0. The van der Waals surface area contributed by atoms with Crippen molar-refractivity contribution in [3.63, 3.8) is 0 Å². The van der Waals surface area contributed by atoms with Crippen LogP contribution >= 0.6 is 15.9 Å². The van der Waals surface area contributed by atoms with Crippen LogP contribution in [0.25, 0.3) is 6.08 Å². The molecule has 8 heteroatoms. The normalized spacial score (nSPS) is 17.7. The van der Waals surface area contributed by atoms with Gasteiger partial charge in [0.15, 0.2) is 11.5 Å². The molecule has 4 rings (SSSR count). The number of fused-ring (bicyclic) bond motifs is 1. The van der Waals surface area contributed by atoms with Crippen molar-refractivity contribution in [2.75, 3.05) is 11.7 Å². The Morgan fingerprint density at radius 3 is 2.50 bits per heavy atom. The van der Waals surface area contributed by atoms with Crippen molar-refractivity contribution in [1.29, 1.82) is 0 Å². The van der Waals surface area contributed by atoms with Gasteiger partial charge >= 0.3 is 6.03 Å². The number of barbiturate groups is 1. The Morgan fingerprint density at radius 2 is 1.73 bits per heavy atom. The van der Waals surface area contributed by atoms with E-state index in [2.05, 4.69) is 21.2 Å². The van der Waals surface area contributed by atoms with Gasteiger partial charge in [0.05, 0.1) is 5.69 Å². The summed E-state index contributed by atoms with van der Waals surface area (Å²) in [5.74, 6) is -0.313. The number of nitrogens with one attached hydrogen (secondary N) is 1. The molecule has 2 aromatic carbocycles. The lowest BCUT2D eigenvalue weighted by Gasteiger charge is -2.26. The van der Waals surface area contributed by atoms with Gasteiger partial charge in [0.2, 0.25) is 6.79 Å². The van der Waals surface area contributed by atoms with Gasteiger partial charge in [-0.25, -0.2) is 9.69 Å². The van der Waals surface area contributed by atoms with Crippen LogP contribution in [0.3, 0.4) is 0 Å². The predicted molar refractivity (Wildman–Crippen MR) is 95.7 cm³/mol. The molecule has 2 aliphatic rings. The fourth-order valence-electron chi connectivity index (χ4n) is 2.65. The number of carbonyl (C=O) groups excluding carboxylic acids is 3. The second kappa shape index (κ2) is 6.30. The lowest BCUT2D eigenvalue weighted by atomic mass is 10.1. The van der Waals surface area contributed by atoms with Crippen LogP contribution in [0.2, 0.25) is 0 Å². The third-order valence-electron chi connectivity index (χ3n) is 3.89. The monoisotopic (exact) mass is 414 g/mol. The zero-order valence-corrected chi connectivity index (χ0v) is 14.8. The summed E-state index contributed by atoms with van der Waals surface area (Å²) in [6, 6.07) is 10.9. The number of hydrogen-bond donors (Lipinski definition) is 1. The molecule has 0 spiro atoms. The molecule has 1 N–H and O–H groups in total. The number of hydrogen-bond acceptors (Lipinski definition) is 5. The molecule has 0 atom stereocenters. The van der Waals surface area contributed by atoms with Crippen LogP contribution in [0.5, 0.6) is 11.5 Å². The molecule has 0 unspecified atom stereocenters. The quantitative estimate of drug-likeness (QED) is 0.603. The van der Waals surface area contributed by atoms with Gasteiger partial charge in [-0.05, 0) is 48.0 Å². The molecule has 7 nitrogen and oxygen atoms in total. The first-order chi connectivity index (χ1) is 12.5. The number of imide groups is 2. The maximum atomic E-state index is 12.8. The average molecular weight is 415 g/mol. The molecule has 1 fully saturated rings. The highest BCUT2D eigenvalue weighted by Crippen LogP contribution is 2.33. The molecule has 4 amide bonds. The molecular formula is C18H11BrN2O5. The standard InChI is InChI=1S/C18H11BrN2O5/c19-11-2-4-12(5-3-11)21-17(23)13(16(22)20-18(21)24)7-10-1-6-14-15(8-10)26-9-25-14/h1-8H,9H2,(H,20,22,24)/b13-7+. The molecule has 0 radical (unpaired) electrons. The van der Waals surface area contributed by atoms with Crippen LogP contribution in [0.4, 0.5) is 10.5 Å². The minimum Gasteiger partial charge on any atom is -0.454 e. The number of anilines is 1. The minimum atomic E-state index is -0.787. The molecule has 0 aliphatic carbocycles. The van der Waals surface area contributed by atoms with Crippen molar-refractivity contribution >= 4 is 45.5 Å². The van der Waals surface area contributed by atoms with E-state index < -0.39 is 17.8 Å². The van der Waals surface area contributed by atoms with E-state index >= 15 is 0 Å². The van der Waals surface area contributed by atoms with Gasteiger partial charge in [0, 0.05) is 4.47 Å². The molecule has 2 aliphatic heterocycles. The first-order valence-electron chi connectivity index (χ1n) is 7.59. The number of amides is 4. The van der Waals surface area contributed by atoms with Gasteiger partial charge in [0.25, 0.3) is 11.8 Å². The lowest BCUT2D eigenvalue weighted by molar-refractivity contribution is -0.122. The van der Waals surface area contributed by atoms with Gasteiger partial charge in [0.1, 0.15) is 5.57 Å². The van der Waals surface area contributed by atoms with Crippen molar-refractivity contribution < 1.29 is 23.9 Å². The van der Waals surface area contributed by atoms with Gasteiger partial charge in [-0.3, -0.25) is 14.9 Å². The number of carbonyl (C=O) groups is 3. The smallest absolute Gasteiger partial charge is 0.335 e. The Morgan fingerprint density at radius 1 is 1.00 bits per heavy atom. The lowest BCUT2D eigenvalue weighted by Crippen LogP contribution is -2.54. The van der Waals surface area contributed by atoms with Gasteiger partial charge < -0.3 is 9.47 Å². The Bertz CT molecular complexity index is 968. The SMILES string of the molecule is O=C1NC(=O)N(c2ccc(Br)cc2)C(=O)/C1=C/c1ccc2c(c1)OCO2. The Hall–Kier alpha value is -3.13. The van der Waals surface area contributed by atoms with Crippen molar-refractivity contribution in [2.45, 2.75) is 0 Å². The summed E-state index contributed by atoms with van der Waals surface area (Å²) < 4.78 is 11.3. The largest absolute Gasteiger partial charge is 0.454 e. The van der Waals surface area contributed by atoms with Gasteiger partial charge in [-0.1, -0.05) is 22.0 Å². The van der Waals surface area contributed by atoms with Crippen LogP contribution < -0.4 is 19.7 Å². The third-order valence-corrected chi connectivity index (χ3v) is 4.42. The number of ether oxygens (including phenoxy) is 2. The number of rotatable bonds is 2. The first kappa shape index (κ1) is 16.3. The van der Waals surface area contributed by atoms with E-state index in [9.17, 15) is 14.4 Å². The highest BCUT2D eigenvalue weighted by Gasteiger charge is 2.36. The average Bonchev–Trinajstić information content (AvgIpc) is 3.08. The van der Waals surface area contributed by atoms with Crippen molar-refractivity contribution in [3.05, 3.63) is 58.1 Å². The summed E-state index contributed by atoms with van der Waals surface area (Å²) in [6.07, 6.45) is 1.41. The molecule has 2 heterocycles. The zero-order valence-electron chi connectivity index (χ0n) is 13.2. The maximum Gasteiger partial charge on any atom is 0.335 e. The van der Waals surface area contributed by atoms with E-state index in [1.54, 1.807) is 42.5 Å². The van der Waals surface area contributed by atoms with E-state index in [4.69, 9.17) is 9.47 Å². The topological polar surface area (TPSA) is 84.9 Å². The molecular weight excluding hydrogens is 404 g/mol. The Labute approximate surface area is 156 Å². The highest BCUT2D eigenvalue weighted by molar-refractivity contribution is 9.10. The van der Waals surface area contributed by atoms with Crippen LogP contribution in [-0.4, -0.2) is 24.6 Å². The molecule has 130 valence electrons. The summed E-state index contributed by atoms with van der Waals surface area (Å²) in [7, 11) is 0. The maximum absolute atomic E-state index is 12.8. The van der Waals surface area contributed by atoms with Crippen molar-refractivity contribution in [2.24, 2.45) is 0 Å². The third kappa shape index (κ3) is 2.84. The van der Waals surface area contributed by atoms with E-state index in [0.29, 0.717) is 22.7 Å². The number of benzene rings is 2. The minimum absolute atomic E-state index is 0.126. The van der Waals surface area contributed by atoms with Crippen LogP contribution in [0.15, 0.2) is 52.5 Å². The zero-order chi connectivity index (χ0) is 18.3. The van der Waals surface area contributed by atoms with E-state index in [1.165, 1.54) is 6.08 Å². The van der Waals surface area contributed by atoms with E-state index in [-0.39, 0.29) is 12.4 Å². The summed E-state index contributed by atoms with van der Waals surface area (Å²) in [6.45, 7) is 0.126. The fourth-order valence-corrected chi connectivity index (χ4v) is 2.92. The van der Waals surface area contributed by atoms with Crippen molar-refractivity contribution in [1.82, 2.24) is 5.32 Å². The summed E-state index contributed by atoms with van der Waals surface area (Å²) >= 11 is 3.30. The molecule has 26 heavy (non-hydrogen) atoms. The van der Waals surface area contributed by atoms with Crippen LogP contribution in [0.1, 0.15) is 5.56 Å². The molecule has 0 saturated carbocycles. The van der Waals surface area contributed by atoms with Crippen molar-refractivity contribution in [3.8, 4) is 11.5 Å². The van der Waals surface area contributed by atoms with Crippen LogP contribution in [-0.2, 0) is 9.59 Å². The van der Waals surface area contributed by atoms with E-state index in [0.717, 1.165) is 9.37 Å². The second-order valence-corrected chi connectivity index (χ2v) is 6.46. The molecule has 0 bridgehead atoms. The van der Waals surface area contributed by atoms with Gasteiger partial charge in [-0.15, -0.1) is 0 Å². The molecule has 0 aromatic heterocycles. The Balaban J connectivity index is 1.71. The molecule has 1 saturated heterocycles. The fraction of sp³-hybridized carbons (Fsp3) is 0.0556. The second-order valence-electron chi connectivity index (χ2n) is 5.55. The van der Waals surface area contributed by atoms with Crippen LogP contribution in [0, 0.1) is 0 Å². The van der Waals surface area contributed by atoms with Gasteiger partial charge in [-0.2, -0.15) is 0 Å². The first-order valence-corrected chi connectivity index (χ1v) is 8.39. The summed E-state index contributed by atoms with van der Waals surface area (Å²) in [5, 5.41) is 2.19. The highest BCUT2D eigenvalue weighted by atomic mass is 79.9. The number of halogens is 1. The molecule has 2 aromatic rings. The predicted octanol–water partition coefficient (Wildman–Crippen LogP) is 2.84. The number of urea groups is 1. The summed E-state index contributed by atoms with van der Waals surface area (Å²) in [5.41, 5.74) is 0.795. The number of nitrogens with zero attached hydrogens (tertiary/aromatic N) is 1. The van der Waals surface area contributed by atoms with E-state index in [1.807, 2.05) is 0 Å². The Kier molecular flexibility index (Phi) is 3.96.